The SMILES string of the molecule is COc1ccc(Cl)cc1N1C(=O)C[C@@H](Nc2cccc(C(C)=O)c2)C1=O. The summed E-state index contributed by atoms with van der Waals surface area (Å²) in [5, 5.41) is 3.43. The maximum Gasteiger partial charge on any atom is 0.256 e. The van der Waals surface area contributed by atoms with Gasteiger partial charge in [0.25, 0.3) is 5.91 Å². The van der Waals surface area contributed by atoms with Crippen molar-refractivity contribution in [3.8, 4) is 5.75 Å². The van der Waals surface area contributed by atoms with Crippen LogP contribution in [0.15, 0.2) is 42.5 Å². The van der Waals surface area contributed by atoms with Crippen LogP contribution >= 0.6 is 11.6 Å². The molecule has 1 saturated heterocycles. The van der Waals surface area contributed by atoms with E-state index in [2.05, 4.69) is 5.32 Å². The Morgan fingerprint density at radius 2 is 2.00 bits per heavy atom. The number of rotatable bonds is 5. The number of benzene rings is 2. The molecule has 1 aliphatic heterocycles. The van der Waals surface area contributed by atoms with Crippen LogP contribution in [0.25, 0.3) is 0 Å². The number of ketones is 1. The first-order valence-corrected chi connectivity index (χ1v) is 8.36. The maximum absolute atomic E-state index is 12.8. The molecule has 26 heavy (non-hydrogen) atoms. The van der Waals surface area contributed by atoms with Crippen LogP contribution in [-0.4, -0.2) is 30.7 Å². The van der Waals surface area contributed by atoms with Gasteiger partial charge in [-0.05, 0) is 37.3 Å². The maximum atomic E-state index is 12.8. The van der Waals surface area contributed by atoms with Gasteiger partial charge in [-0.25, -0.2) is 4.90 Å². The molecule has 6 nitrogen and oxygen atoms in total. The molecule has 0 unspecified atom stereocenters. The summed E-state index contributed by atoms with van der Waals surface area (Å²) in [4.78, 5) is 37.8. The number of hydrogen-bond acceptors (Lipinski definition) is 5. The molecule has 1 N–H and O–H groups in total. The second-order valence-corrected chi connectivity index (χ2v) is 6.36. The number of halogens is 1. The molecule has 2 amide bonds. The lowest BCUT2D eigenvalue weighted by molar-refractivity contribution is -0.121. The molecule has 0 aromatic heterocycles. The molecule has 0 aliphatic carbocycles. The number of methoxy groups -OCH3 is 1. The fraction of sp³-hybridized carbons (Fsp3) is 0.211. The Bertz CT molecular complexity index is 897. The highest BCUT2D eigenvalue weighted by molar-refractivity contribution is 6.31. The van der Waals surface area contributed by atoms with E-state index in [9.17, 15) is 14.4 Å². The average Bonchev–Trinajstić information content (AvgIpc) is 2.88. The lowest BCUT2D eigenvalue weighted by Crippen LogP contribution is -2.35. The Morgan fingerprint density at radius 3 is 2.69 bits per heavy atom. The summed E-state index contributed by atoms with van der Waals surface area (Å²) in [6.45, 7) is 1.47. The number of nitrogens with one attached hydrogen (secondary N) is 1. The van der Waals surface area contributed by atoms with E-state index in [1.807, 2.05) is 0 Å². The normalized spacial score (nSPS) is 16.7. The van der Waals surface area contributed by atoms with Crippen molar-refractivity contribution in [1.82, 2.24) is 0 Å². The lowest BCUT2D eigenvalue weighted by atomic mass is 10.1. The van der Waals surface area contributed by atoms with Gasteiger partial charge in [0.05, 0.1) is 19.2 Å². The van der Waals surface area contributed by atoms with Gasteiger partial charge in [0.15, 0.2) is 5.78 Å². The highest BCUT2D eigenvalue weighted by atomic mass is 35.5. The van der Waals surface area contributed by atoms with E-state index < -0.39 is 11.9 Å². The molecule has 3 rings (SSSR count). The molecule has 1 fully saturated rings. The molecular formula is C19H17ClN2O4. The molecule has 1 aliphatic rings. The number of hydrogen-bond donors (Lipinski definition) is 1. The predicted octanol–water partition coefficient (Wildman–Crippen LogP) is 3.30. The fourth-order valence-electron chi connectivity index (χ4n) is 2.86. The Morgan fingerprint density at radius 1 is 1.23 bits per heavy atom. The van der Waals surface area contributed by atoms with E-state index >= 15 is 0 Å². The first kappa shape index (κ1) is 17.9. The van der Waals surface area contributed by atoms with Crippen molar-refractivity contribution >= 4 is 40.6 Å². The first-order chi connectivity index (χ1) is 12.4. The summed E-state index contributed by atoms with van der Waals surface area (Å²) >= 11 is 6.01. The minimum Gasteiger partial charge on any atom is -0.495 e. The smallest absolute Gasteiger partial charge is 0.256 e. The molecule has 0 bridgehead atoms. The van der Waals surface area contributed by atoms with Gasteiger partial charge >= 0.3 is 0 Å². The summed E-state index contributed by atoms with van der Waals surface area (Å²) in [6, 6.07) is 10.8. The molecule has 1 atom stereocenters. The van der Waals surface area contributed by atoms with Crippen LogP contribution in [0, 0.1) is 0 Å². The van der Waals surface area contributed by atoms with Crippen LogP contribution < -0.4 is 15.0 Å². The molecule has 2 aromatic carbocycles. The number of ether oxygens (including phenoxy) is 1. The summed E-state index contributed by atoms with van der Waals surface area (Å²) < 4.78 is 5.24. The van der Waals surface area contributed by atoms with Crippen LogP contribution in [0.1, 0.15) is 23.7 Å². The van der Waals surface area contributed by atoms with E-state index in [0.717, 1.165) is 4.90 Å². The third-order valence-corrected chi connectivity index (χ3v) is 4.37. The number of anilines is 2. The number of nitrogens with zero attached hydrogens (tertiary/aromatic N) is 1. The highest BCUT2D eigenvalue weighted by Gasteiger charge is 2.40. The van der Waals surface area contributed by atoms with Crippen molar-refractivity contribution in [3.63, 3.8) is 0 Å². The van der Waals surface area contributed by atoms with E-state index in [0.29, 0.717) is 27.7 Å². The average molecular weight is 373 g/mol. The van der Waals surface area contributed by atoms with Crippen LogP contribution in [0.5, 0.6) is 5.75 Å². The molecule has 0 radical (unpaired) electrons. The first-order valence-electron chi connectivity index (χ1n) is 7.98. The van der Waals surface area contributed by atoms with E-state index in [-0.39, 0.29) is 18.1 Å². The van der Waals surface area contributed by atoms with Gasteiger partial charge in [0.2, 0.25) is 5.91 Å². The lowest BCUT2D eigenvalue weighted by Gasteiger charge is -2.19. The van der Waals surface area contributed by atoms with E-state index in [4.69, 9.17) is 16.3 Å². The molecule has 7 heteroatoms. The largest absolute Gasteiger partial charge is 0.495 e. The van der Waals surface area contributed by atoms with Gasteiger partial charge in [-0.3, -0.25) is 14.4 Å². The second kappa shape index (κ2) is 7.17. The Kier molecular flexibility index (Phi) is 4.95. The zero-order valence-electron chi connectivity index (χ0n) is 14.3. The van der Waals surface area contributed by atoms with Gasteiger partial charge in [-0.15, -0.1) is 0 Å². The van der Waals surface area contributed by atoms with Crippen molar-refractivity contribution in [3.05, 3.63) is 53.1 Å². The van der Waals surface area contributed by atoms with Crippen LogP contribution in [0.3, 0.4) is 0 Å². The standard InChI is InChI=1S/C19H17ClN2O4/c1-11(23)12-4-3-5-14(8-12)21-15-10-18(24)22(19(15)25)16-9-13(20)6-7-17(16)26-2/h3-9,15,21H,10H2,1-2H3/t15-/m1/s1. The summed E-state index contributed by atoms with van der Waals surface area (Å²) in [5.41, 5.74) is 1.45. The molecule has 1 heterocycles. The third kappa shape index (κ3) is 3.41. The fourth-order valence-corrected chi connectivity index (χ4v) is 3.03. The van der Waals surface area contributed by atoms with Gasteiger partial charge in [-0.2, -0.15) is 0 Å². The predicted molar refractivity (Wildman–Crippen MR) is 99.0 cm³/mol. The van der Waals surface area contributed by atoms with Gasteiger partial charge < -0.3 is 10.1 Å². The summed E-state index contributed by atoms with van der Waals surface area (Å²) in [5.74, 6) is -0.442. The Hall–Kier alpha value is -2.86. The molecule has 134 valence electrons. The number of carbonyl (C=O) groups is 3. The molecule has 0 spiro atoms. The third-order valence-electron chi connectivity index (χ3n) is 4.14. The molecule has 0 saturated carbocycles. The number of Topliss-reactive ketones (excluding diaryl/α,β-unsaturated/α-hetero) is 1. The Labute approximate surface area is 155 Å². The van der Waals surface area contributed by atoms with Crippen molar-refractivity contribution in [2.24, 2.45) is 0 Å². The zero-order chi connectivity index (χ0) is 18.8. The summed E-state index contributed by atoms with van der Waals surface area (Å²) in [7, 11) is 1.46. The number of amides is 2. The van der Waals surface area contributed by atoms with E-state index in [1.54, 1.807) is 36.4 Å². The van der Waals surface area contributed by atoms with Gasteiger partial charge in [-0.1, -0.05) is 23.7 Å². The molecule has 2 aromatic rings. The monoisotopic (exact) mass is 372 g/mol. The zero-order valence-corrected chi connectivity index (χ0v) is 15.0. The van der Waals surface area contributed by atoms with Crippen LogP contribution in [0.2, 0.25) is 5.02 Å². The topological polar surface area (TPSA) is 75.7 Å². The van der Waals surface area contributed by atoms with Gasteiger partial charge in [0.1, 0.15) is 11.8 Å². The quantitative estimate of drug-likeness (QED) is 0.643. The van der Waals surface area contributed by atoms with Crippen molar-refractivity contribution in [1.29, 1.82) is 0 Å². The second-order valence-electron chi connectivity index (χ2n) is 5.92. The van der Waals surface area contributed by atoms with Gasteiger partial charge in [0, 0.05) is 16.3 Å². The summed E-state index contributed by atoms with van der Waals surface area (Å²) in [6.07, 6.45) is -0.00119. The van der Waals surface area contributed by atoms with Crippen molar-refractivity contribution < 1.29 is 19.1 Å². The highest BCUT2D eigenvalue weighted by Crippen LogP contribution is 2.35. The van der Waals surface area contributed by atoms with Crippen molar-refractivity contribution in [2.75, 3.05) is 17.3 Å². The van der Waals surface area contributed by atoms with Crippen LogP contribution in [-0.2, 0) is 9.59 Å². The van der Waals surface area contributed by atoms with E-state index in [1.165, 1.54) is 20.1 Å². The Balaban J connectivity index is 1.87. The number of imide groups is 1. The number of carbonyl (C=O) groups excluding carboxylic acids is 3. The molecular weight excluding hydrogens is 356 g/mol. The minimum absolute atomic E-state index is 0.00119. The minimum atomic E-state index is -0.728. The van der Waals surface area contributed by atoms with Crippen molar-refractivity contribution in [2.45, 2.75) is 19.4 Å². The van der Waals surface area contributed by atoms with Crippen LogP contribution in [0.4, 0.5) is 11.4 Å².